The number of nitrogens with zero attached hydrogens (tertiary/aromatic N) is 3. The standard InChI is InChI=1S/C26H40FN5OS/c1-7-13-31(6)26(33)30-20-15-23-21(22(28)12-10-11-19(5)27)16-29-25(32(23)17-20)24(18(4)9-3)34-14-8-2/h7-8,10,12,14,18-20,24,28H,1,9,11,13,15-17H2,2-6H3,(H,30,33)/b12-10-,14-8-,28-22?. The number of carbonyl (C=O) groups is 1. The molecule has 4 unspecified atom stereocenters. The van der Waals surface area contributed by atoms with Crippen LogP contribution in [0.15, 0.2) is 52.6 Å². The number of halogens is 1. The molecule has 2 N–H and O–H groups in total. The SMILES string of the molecule is C=CCN(C)C(=O)NC1CC2=C(C(=N)/C=C\CC(C)F)CN=C(C(S/C=C\C)C(C)CC)N2C1. The largest absolute Gasteiger partial charge is 0.333 e. The van der Waals surface area contributed by atoms with Crippen LogP contribution in [0.25, 0.3) is 0 Å². The maximum Gasteiger partial charge on any atom is 0.317 e. The van der Waals surface area contributed by atoms with Crippen molar-refractivity contribution in [2.24, 2.45) is 10.9 Å². The summed E-state index contributed by atoms with van der Waals surface area (Å²) in [7, 11) is 1.75. The van der Waals surface area contributed by atoms with Crippen LogP contribution in [0.5, 0.6) is 0 Å². The molecule has 0 aromatic rings. The van der Waals surface area contributed by atoms with Gasteiger partial charge in [0, 0.05) is 37.8 Å². The Balaban J connectivity index is 2.35. The van der Waals surface area contributed by atoms with Gasteiger partial charge in [-0.1, -0.05) is 38.5 Å². The van der Waals surface area contributed by atoms with Crippen molar-refractivity contribution in [1.29, 1.82) is 5.41 Å². The number of aliphatic imine (C=N–C) groups is 1. The molecule has 34 heavy (non-hydrogen) atoms. The minimum absolute atomic E-state index is 0.0833. The highest BCUT2D eigenvalue weighted by Gasteiger charge is 2.39. The fourth-order valence-corrected chi connectivity index (χ4v) is 5.15. The summed E-state index contributed by atoms with van der Waals surface area (Å²) in [4.78, 5) is 21.4. The number of thioether (sulfide) groups is 1. The van der Waals surface area contributed by atoms with Gasteiger partial charge in [0.25, 0.3) is 0 Å². The van der Waals surface area contributed by atoms with Crippen LogP contribution >= 0.6 is 11.8 Å². The number of amides is 2. The Kier molecular flexibility index (Phi) is 11.1. The monoisotopic (exact) mass is 489 g/mol. The van der Waals surface area contributed by atoms with Crippen LogP contribution in [0.3, 0.4) is 0 Å². The predicted octanol–water partition coefficient (Wildman–Crippen LogP) is 5.56. The van der Waals surface area contributed by atoms with E-state index in [9.17, 15) is 9.18 Å². The summed E-state index contributed by atoms with van der Waals surface area (Å²) in [6.45, 7) is 13.2. The molecule has 2 aliphatic rings. The molecule has 0 spiro atoms. The Morgan fingerprint density at radius 2 is 2.21 bits per heavy atom. The van der Waals surface area contributed by atoms with E-state index < -0.39 is 6.17 Å². The third kappa shape index (κ3) is 7.32. The van der Waals surface area contributed by atoms with Crippen molar-refractivity contribution in [2.75, 3.05) is 26.7 Å². The molecule has 2 aliphatic heterocycles. The summed E-state index contributed by atoms with van der Waals surface area (Å²) in [5, 5.41) is 14.1. The zero-order valence-corrected chi connectivity index (χ0v) is 22.0. The van der Waals surface area contributed by atoms with Crippen LogP contribution in [-0.2, 0) is 0 Å². The number of hydrogen-bond donors (Lipinski definition) is 2. The Labute approximate surface area is 208 Å². The third-order valence-corrected chi connectivity index (χ3v) is 7.51. The number of amidine groups is 1. The van der Waals surface area contributed by atoms with E-state index in [0.717, 1.165) is 23.5 Å². The highest BCUT2D eigenvalue weighted by atomic mass is 32.2. The first-order valence-electron chi connectivity index (χ1n) is 12.1. The number of rotatable bonds is 12. The number of likely N-dealkylation sites (N-methyl/N-ethyl adjacent to an activating group) is 1. The molecule has 4 atom stereocenters. The van der Waals surface area contributed by atoms with Gasteiger partial charge in [0.05, 0.1) is 23.5 Å². The van der Waals surface area contributed by atoms with E-state index in [1.165, 1.54) is 6.92 Å². The van der Waals surface area contributed by atoms with Gasteiger partial charge in [-0.3, -0.25) is 4.99 Å². The number of urea groups is 1. The van der Waals surface area contributed by atoms with Crippen molar-refractivity contribution in [2.45, 2.75) is 64.4 Å². The highest BCUT2D eigenvalue weighted by molar-refractivity contribution is 8.03. The summed E-state index contributed by atoms with van der Waals surface area (Å²) in [5.41, 5.74) is 2.25. The zero-order chi connectivity index (χ0) is 25.3. The van der Waals surface area contributed by atoms with Crippen LogP contribution in [-0.4, -0.2) is 71.5 Å². The van der Waals surface area contributed by atoms with Crippen molar-refractivity contribution in [3.63, 3.8) is 0 Å². The van der Waals surface area contributed by atoms with Crippen LogP contribution in [0, 0.1) is 11.3 Å². The number of carbonyl (C=O) groups excluding carboxylic acids is 1. The third-order valence-electron chi connectivity index (χ3n) is 6.12. The second-order valence-corrected chi connectivity index (χ2v) is 10.0. The first-order chi connectivity index (χ1) is 16.2. The van der Waals surface area contributed by atoms with Crippen molar-refractivity contribution < 1.29 is 9.18 Å². The number of fused-ring (bicyclic) bond motifs is 1. The highest BCUT2D eigenvalue weighted by Crippen LogP contribution is 2.35. The van der Waals surface area contributed by atoms with E-state index in [1.54, 1.807) is 41.9 Å². The first kappa shape index (κ1) is 27.9. The molecule has 0 aromatic carbocycles. The van der Waals surface area contributed by atoms with E-state index >= 15 is 0 Å². The first-order valence-corrected chi connectivity index (χ1v) is 13.0. The molecule has 2 amide bonds. The van der Waals surface area contributed by atoms with Crippen LogP contribution in [0.4, 0.5) is 9.18 Å². The second-order valence-electron chi connectivity index (χ2n) is 8.97. The second kappa shape index (κ2) is 13.5. The quantitative estimate of drug-likeness (QED) is 0.278. The summed E-state index contributed by atoms with van der Waals surface area (Å²) in [5.74, 6) is 1.43. The van der Waals surface area contributed by atoms with Gasteiger partial charge in [-0.05, 0) is 37.7 Å². The van der Waals surface area contributed by atoms with Crippen LogP contribution in [0.1, 0.15) is 47.0 Å². The Bertz CT molecular complexity index is 863. The summed E-state index contributed by atoms with van der Waals surface area (Å²) in [6.07, 6.45) is 8.15. The van der Waals surface area contributed by atoms with Gasteiger partial charge < -0.3 is 20.5 Å². The lowest BCUT2D eigenvalue weighted by Crippen LogP contribution is -2.46. The summed E-state index contributed by atoms with van der Waals surface area (Å²) in [6, 6.07) is -0.223. The molecule has 2 rings (SSSR count). The molecule has 0 radical (unpaired) electrons. The number of allylic oxidation sites excluding steroid dienone is 3. The van der Waals surface area contributed by atoms with Crippen molar-refractivity contribution >= 4 is 29.3 Å². The minimum Gasteiger partial charge on any atom is -0.333 e. The number of nitrogens with one attached hydrogen (secondary N) is 2. The summed E-state index contributed by atoms with van der Waals surface area (Å²) < 4.78 is 13.2. The van der Waals surface area contributed by atoms with Gasteiger partial charge in [0.15, 0.2) is 0 Å². The number of alkyl halides is 1. The van der Waals surface area contributed by atoms with E-state index in [2.05, 4.69) is 36.1 Å². The fraction of sp³-hybridized carbons (Fsp3) is 0.577. The molecule has 0 aromatic heterocycles. The number of hydrogen-bond acceptors (Lipinski definition) is 5. The van der Waals surface area contributed by atoms with Crippen LogP contribution in [0.2, 0.25) is 0 Å². The maximum absolute atomic E-state index is 13.2. The van der Waals surface area contributed by atoms with Gasteiger partial charge in [-0.2, -0.15) is 0 Å². The average molecular weight is 490 g/mol. The van der Waals surface area contributed by atoms with Gasteiger partial charge in [0.2, 0.25) is 0 Å². The molecule has 0 saturated carbocycles. The van der Waals surface area contributed by atoms with Gasteiger partial charge >= 0.3 is 6.03 Å². The lowest BCUT2D eigenvalue weighted by Gasteiger charge is -2.34. The van der Waals surface area contributed by atoms with E-state index in [4.69, 9.17) is 10.4 Å². The Morgan fingerprint density at radius 3 is 2.82 bits per heavy atom. The lowest BCUT2D eigenvalue weighted by molar-refractivity contribution is 0.209. The van der Waals surface area contributed by atoms with E-state index in [1.807, 2.05) is 13.0 Å². The van der Waals surface area contributed by atoms with E-state index in [0.29, 0.717) is 37.7 Å². The molecular weight excluding hydrogens is 449 g/mol. The summed E-state index contributed by atoms with van der Waals surface area (Å²) >= 11 is 1.77. The molecule has 1 fully saturated rings. The maximum atomic E-state index is 13.2. The minimum atomic E-state index is -0.937. The Morgan fingerprint density at radius 1 is 1.47 bits per heavy atom. The molecule has 188 valence electrons. The lowest BCUT2D eigenvalue weighted by atomic mass is 9.99. The van der Waals surface area contributed by atoms with Crippen molar-refractivity contribution in [3.05, 3.63) is 47.6 Å². The van der Waals surface area contributed by atoms with E-state index in [-0.39, 0.29) is 23.7 Å². The Hall–Kier alpha value is -2.35. The molecule has 0 aliphatic carbocycles. The topological polar surface area (TPSA) is 71.8 Å². The molecule has 2 heterocycles. The van der Waals surface area contributed by atoms with Crippen LogP contribution < -0.4 is 5.32 Å². The van der Waals surface area contributed by atoms with Gasteiger partial charge in [0.1, 0.15) is 12.0 Å². The van der Waals surface area contributed by atoms with Crippen molar-refractivity contribution in [1.82, 2.24) is 15.1 Å². The van der Waals surface area contributed by atoms with Gasteiger partial charge in [-0.15, -0.1) is 18.3 Å². The molecule has 1 saturated heterocycles. The fourth-order valence-electron chi connectivity index (χ4n) is 4.04. The molecule has 6 nitrogen and oxygen atoms in total. The zero-order valence-electron chi connectivity index (χ0n) is 21.2. The molecular formula is C26H40FN5OS. The molecule has 8 heteroatoms. The molecule has 0 bridgehead atoms. The normalized spacial score (nSPS) is 20.8. The van der Waals surface area contributed by atoms with Crippen molar-refractivity contribution in [3.8, 4) is 0 Å². The predicted molar refractivity (Wildman–Crippen MR) is 143 cm³/mol. The average Bonchev–Trinajstić information content (AvgIpc) is 3.22. The van der Waals surface area contributed by atoms with Gasteiger partial charge in [-0.25, -0.2) is 9.18 Å². The smallest absolute Gasteiger partial charge is 0.317 e.